The summed E-state index contributed by atoms with van der Waals surface area (Å²) in [5.74, 6) is -0.360. The van der Waals surface area contributed by atoms with Crippen molar-refractivity contribution in [2.75, 3.05) is 11.9 Å². The molecule has 2 aromatic rings. The van der Waals surface area contributed by atoms with E-state index < -0.39 is 0 Å². The van der Waals surface area contributed by atoms with Crippen molar-refractivity contribution in [3.05, 3.63) is 54.1 Å². The first-order chi connectivity index (χ1) is 8.59. The van der Waals surface area contributed by atoms with E-state index in [-0.39, 0.29) is 10.8 Å². The van der Waals surface area contributed by atoms with Crippen LogP contribution >= 0.6 is 12.2 Å². The highest BCUT2D eigenvalue weighted by molar-refractivity contribution is 7.80. The van der Waals surface area contributed by atoms with Crippen molar-refractivity contribution in [3.63, 3.8) is 0 Å². The van der Waals surface area contributed by atoms with Gasteiger partial charge in [-0.2, -0.15) is 0 Å². The third-order valence-corrected chi connectivity index (χ3v) is 2.84. The zero-order valence-corrected chi connectivity index (χ0v) is 10.6. The predicted octanol–water partition coefficient (Wildman–Crippen LogP) is 2.62. The summed E-state index contributed by atoms with van der Waals surface area (Å²) in [5.41, 5.74) is 7.76. The van der Waals surface area contributed by atoms with Crippen LogP contribution < -0.4 is 10.6 Å². The number of hydrogen-bond donors (Lipinski definition) is 1. The fraction of sp³-hybridized carbons (Fsp3) is 0.0769. The molecule has 0 atom stereocenters. The van der Waals surface area contributed by atoms with Crippen LogP contribution in [0, 0.1) is 5.82 Å². The molecular weight excluding hydrogens is 249 g/mol. The van der Waals surface area contributed by atoms with E-state index in [2.05, 4.69) is 4.98 Å². The molecule has 3 nitrogen and oxygen atoms in total. The van der Waals surface area contributed by atoms with Crippen LogP contribution in [0.3, 0.4) is 0 Å². The molecule has 0 fully saturated rings. The number of aromatic nitrogens is 1. The van der Waals surface area contributed by atoms with E-state index in [0.29, 0.717) is 5.56 Å². The SMILES string of the molecule is CN(c1cccnc1)c1ccc(F)cc1C(N)=S. The lowest BCUT2D eigenvalue weighted by atomic mass is 10.1. The third kappa shape index (κ3) is 2.46. The lowest BCUT2D eigenvalue weighted by Crippen LogP contribution is -2.18. The van der Waals surface area contributed by atoms with E-state index >= 15 is 0 Å². The Kier molecular flexibility index (Phi) is 3.53. The van der Waals surface area contributed by atoms with E-state index in [1.807, 2.05) is 24.1 Å². The van der Waals surface area contributed by atoms with Gasteiger partial charge in [0.05, 0.1) is 17.6 Å². The van der Waals surface area contributed by atoms with Crippen molar-refractivity contribution in [1.29, 1.82) is 0 Å². The Bertz CT molecular complexity index is 572. The summed E-state index contributed by atoms with van der Waals surface area (Å²) in [5, 5.41) is 0. The van der Waals surface area contributed by atoms with E-state index in [1.54, 1.807) is 18.5 Å². The zero-order chi connectivity index (χ0) is 13.1. The lowest BCUT2D eigenvalue weighted by Gasteiger charge is -2.21. The van der Waals surface area contributed by atoms with Gasteiger partial charge in [0.15, 0.2) is 0 Å². The van der Waals surface area contributed by atoms with Crippen LogP contribution in [0.25, 0.3) is 0 Å². The number of thiocarbonyl (C=S) groups is 1. The maximum Gasteiger partial charge on any atom is 0.124 e. The van der Waals surface area contributed by atoms with E-state index in [0.717, 1.165) is 11.4 Å². The normalized spacial score (nSPS) is 10.1. The van der Waals surface area contributed by atoms with Gasteiger partial charge in [0, 0.05) is 18.8 Å². The summed E-state index contributed by atoms with van der Waals surface area (Å²) in [6, 6.07) is 8.10. The minimum Gasteiger partial charge on any atom is -0.389 e. The Morgan fingerprint density at radius 2 is 2.17 bits per heavy atom. The zero-order valence-electron chi connectivity index (χ0n) is 9.80. The molecular formula is C13H12FN3S. The Morgan fingerprint density at radius 3 is 2.78 bits per heavy atom. The number of nitrogens with two attached hydrogens (primary N) is 1. The number of rotatable bonds is 3. The molecule has 18 heavy (non-hydrogen) atoms. The second-order valence-corrected chi connectivity index (χ2v) is 4.24. The van der Waals surface area contributed by atoms with Gasteiger partial charge in [-0.3, -0.25) is 4.98 Å². The Balaban J connectivity index is 2.48. The van der Waals surface area contributed by atoms with Crippen molar-refractivity contribution in [2.45, 2.75) is 0 Å². The monoisotopic (exact) mass is 261 g/mol. The lowest BCUT2D eigenvalue weighted by molar-refractivity contribution is 0.627. The molecule has 0 bridgehead atoms. The van der Waals surface area contributed by atoms with Crippen LogP contribution in [-0.2, 0) is 0 Å². The molecule has 0 saturated heterocycles. The summed E-state index contributed by atoms with van der Waals surface area (Å²) in [6.07, 6.45) is 3.41. The Morgan fingerprint density at radius 1 is 1.39 bits per heavy atom. The molecule has 2 rings (SSSR count). The molecule has 92 valence electrons. The van der Waals surface area contributed by atoms with Crippen molar-refractivity contribution >= 4 is 28.6 Å². The van der Waals surface area contributed by atoms with Gasteiger partial charge in [-0.15, -0.1) is 0 Å². The van der Waals surface area contributed by atoms with Gasteiger partial charge in [-0.25, -0.2) is 4.39 Å². The first-order valence-corrected chi connectivity index (χ1v) is 5.73. The number of benzene rings is 1. The van der Waals surface area contributed by atoms with Gasteiger partial charge in [-0.1, -0.05) is 12.2 Å². The summed E-state index contributed by atoms with van der Waals surface area (Å²) in [7, 11) is 1.85. The average Bonchev–Trinajstić information content (AvgIpc) is 2.39. The molecule has 0 saturated carbocycles. The van der Waals surface area contributed by atoms with Crippen molar-refractivity contribution < 1.29 is 4.39 Å². The van der Waals surface area contributed by atoms with E-state index in [9.17, 15) is 4.39 Å². The molecule has 0 radical (unpaired) electrons. The molecule has 0 aliphatic carbocycles. The number of pyridine rings is 1. The van der Waals surface area contributed by atoms with E-state index in [4.69, 9.17) is 18.0 Å². The van der Waals surface area contributed by atoms with Crippen LogP contribution in [0.15, 0.2) is 42.7 Å². The van der Waals surface area contributed by atoms with Gasteiger partial charge in [-0.05, 0) is 30.3 Å². The number of halogens is 1. The first kappa shape index (κ1) is 12.4. The first-order valence-electron chi connectivity index (χ1n) is 5.32. The predicted molar refractivity (Wildman–Crippen MR) is 74.6 cm³/mol. The second kappa shape index (κ2) is 5.10. The van der Waals surface area contributed by atoms with Gasteiger partial charge in [0.1, 0.15) is 10.8 Å². The maximum absolute atomic E-state index is 13.2. The van der Waals surface area contributed by atoms with Crippen molar-refractivity contribution in [2.24, 2.45) is 5.73 Å². The summed E-state index contributed by atoms with van der Waals surface area (Å²) in [6.45, 7) is 0. The van der Waals surface area contributed by atoms with Crippen LogP contribution in [-0.4, -0.2) is 17.0 Å². The highest BCUT2D eigenvalue weighted by Crippen LogP contribution is 2.26. The maximum atomic E-state index is 13.2. The third-order valence-electron chi connectivity index (χ3n) is 2.62. The van der Waals surface area contributed by atoms with Gasteiger partial charge in [0.25, 0.3) is 0 Å². The topological polar surface area (TPSA) is 42.2 Å². The quantitative estimate of drug-likeness (QED) is 0.862. The molecule has 1 aromatic carbocycles. The van der Waals surface area contributed by atoms with Crippen molar-refractivity contribution in [1.82, 2.24) is 4.98 Å². The minimum atomic E-state index is -0.360. The minimum absolute atomic E-state index is 0.167. The fourth-order valence-corrected chi connectivity index (χ4v) is 1.85. The summed E-state index contributed by atoms with van der Waals surface area (Å²) in [4.78, 5) is 6.07. The standard InChI is InChI=1S/C13H12FN3S/c1-17(10-3-2-6-16-8-10)12-5-4-9(14)7-11(12)13(15)18/h2-8H,1H3,(H2,15,18). The molecule has 0 unspecified atom stereocenters. The molecule has 0 spiro atoms. The molecule has 0 aliphatic rings. The molecule has 1 aromatic heterocycles. The molecule has 1 heterocycles. The van der Waals surface area contributed by atoms with Gasteiger partial charge in [0.2, 0.25) is 0 Å². The van der Waals surface area contributed by atoms with Crippen LogP contribution in [0.4, 0.5) is 15.8 Å². The number of anilines is 2. The Hall–Kier alpha value is -2.01. The largest absolute Gasteiger partial charge is 0.389 e. The Labute approximate surface area is 110 Å². The highest BCUT2D eigenvalue weighted by Gasteiger charge is 2.12. The van der Waals surface area contributed by atoms with E-state index in [1.165, 1.54) is 12.1 Å². The van der Waals surface area contributed by atoms with Gasteiger partial charge < -0.3 is 10.6 Å². The van der Waals surface area contributed by atoms with Crippen LogP contribution in [0.1, 0.15) is 5.56 Å². The highest BCUT2D eigenvalue weighted by atomic mass is 32.1. The average molecular weight is 261 g/mol. The number of nitrogens with zero attached hydrogens (tertiary/aromatic N) is 2. The second-order valence-electron chi connectivity index (χ2n) is 3.80. The van der Waals surface area contributed by atoms with Crippen LogP contribution in [0.5, 0.6) is 0 Å². The summed E-state index contributed by atoms with van der Waals surface area (Å²) < 4.78 is 13.2. The molecule has 2 N–H and O–H groups in total. The molecule has 0 aliphatic heterocycles. The van der Waals surface area contributed by atoms with Crippen molar-refractivity contribution in [3.8, 4) is 0 Å². The fourth-order valence-electron chi connectivity index (χ4n) is 1.69. The van der Waals surface area contributed by atoms with Crippen LogP contribution in [0.2, 0.25) is 0 Å². The summed E-state index contributed by atoms with van der Waals surface area (Å²) >= 11 is 4.95. The van der Waals surface area contributed by atoms with Gasteiger partial charge >= 0.3 is 0 Å². The molecule has 0 amide bonds. The molecule has 5 heteroatoms. The number of hydrogen-bond acceptors (Lipinski definition) is 3. The smallest absolute Gasteiger partial charge is 0.124 e.